The van der Waals surface area contributed by atoms with Gasteiger partial charge in [-0.1, -0.05) is 0 Å². The first-order valence-corrected chi connectivity index (χ1v) is 4.19. The number of ether oxygens (including phenoxy) is 2. The third kappa shape index (κ3) is 7.48. The van der Waals surface area contributed by atoms with Crippen molar-refractivity contribution in [1.29, 1.82) is 0 Å². The average molecular weight is 206 g/mol. The molecule has 0 radical (unpaired) electrons. The summed E-state index contributed by atoms with van der Waals surface area (Å²) >= 11 is 4.85. The van der Waals surface area contributed by atoms with Crippen molar-refractivity contribution in [2.45, 2.75) is 0 Å². The third-order valence-electron chi connectivity index (χ3n) is 1.21. The summed E-state index contributed by atoms with van der Waals surface area (Å²) in [6.07, 6.45) is 0. The van der Waals surface area contributed by atoms with Gasteiger partial charge >= 0.3 is 5.97 Å². The highest BCUT2D eigenvalue weighted by Crippen LogP contribution is 1.72. The minimum atomic E-state index is -0.351. The molecule has 0 aromatic heterocycles. The zero-order valence-electron chi connectivity index (χ0n) is 7.75. The van der Waals surface area contributed by atoms with Crippen molar-refractivity contribution in [3.8, 4) is 0 Å². The van der Waals surface area contributed by atoms with Crippen LogP contribution in [0, 0.1) is 0 Å². The SMILES string of the molecule is COCCNC(=S)NCC(=O)OC. The fraction of sp³-hybridized carbons (Fsp3) is 0.714. The maximum Gasteiger partial charge on any atom is 0.325 e. The molecule has 0 fully saturated rings. The molecule has 0 aliphatic rings. The number of hydrogen-bond donors (Lipinski definition) is 2. The Morgan fingerprint density at radius 2 is 2.08 bits per heavy atom. The van der Waals surface area contributed by atoms with Crippen LogP contribution in [0.1, 0.15) is 0 Å². The molecule has 0 heterocycles. The molecule has 6 heteroatoms. The Kier molecular flexibility index (Phi) is 7.23. The summed E-state index contributed by atoms with van der Waals surface area (Å²) in [5.41, 5.74) is 0. The third-order valence-corrected chi connectivity index (χ3v) is 1.50. The second-order valence-electron chi connectivity index (χ2n) is 2.18. The highest BCUT2D eigenvalue weighted by molar-refractivity contribution is 7.80. The molecule has 0 rings (SSSR count). The molecule has 0 saturated heterocycles. The molecule has 0 aromatic rings. The van der Waals surface area contributed by atoms with Crippen molar-refractivity contribution in [2.24, 2.45) is 0 Å². The molecular formula is C7H14N2O3S. The van der Waals surface area contributed by atoms with Crippen molar-refractivity contribution in [3.63, 3.8) is 0 Å². The first-order valence-electron chi connectivity index (χ1n) is 3.78. The largest absolute Gasteiger partial charge is 0.468 e. The minimum absolute atomic E-state index is 0.0787. The summed E-state index contributed by atoms with van der Waals surface area (Å²) in [7, 11) is 2.93. The summed E-state index contributed by atoms with van der Waals surface area (Å²) in [5, 5.41) is 5.95. The zero-order valence-corrected chi connectivity index (χ0v) is 8.57. The molecule has 0 aromatic carbocycles. The number of thiocarbonyl (C=S) groups is 1. The molecule has 0 amide bonds. The summed E-state index contributed by atoms with van der Waals surface area (Å²) in [6.45, 7) is 1.26. The smallest absolute Gasteiger partial charge is 0.325 e. The lowest BCUT2D eigenvalue weighted by Gasteiger charge is -2.08. The number of esters is 1. The van der Waals surface area contributed by atoms with Crippen LogP contribution in [0.3, 0.4) is 0 Å². The van der Waals surface area contributed by atoms with Crippen LogP contribution < -0.4 is 10.6 Å². The number of hydrogen-bond acceptors (Lipinski definition) is 4. The van der Waals surface area contributed by atoms with Gasteiger partial charge in [-0.25, -0.2) is 0 Å². The highest BCUT2D eigenvalue weighted by atomic mass is 32.1. The van der Waals surface area contributed by atoms with E-state index in [9.17, 15) is 4.79 Å². The van der Waals surface area contributed by atoms with Gasteiger partial charge in [-0.2, -0.15) is 0 Å². The predicted octanol–water partition coefficient (Wildman–Crippen LogP) is -0.730. The molecule has 0 unspecified atom stereocenters. The van der Waals surface area contributed by atoms with Crippen molar-refractivity contribution in [2.75, 3.05) is 33.9 Å². The second-order valence-corrected chi connectivity index (χ2v) is 2.59. The first-order chi connectivity index (χ1) is 6.20. The average Bonchev–Trinajstić information content (AvgIpc) is 2.14. The topological polar surface area (TPSA) is 59.6 Å². The highest BCUT2D eigenvalue weighted by Gasteiger charge is 2.00. The minimum Gasteiger partial charge on any atom is -0.468 e. The predicted molar refractivity (Wildman–Crippen MR) is 52.5 cm³/mol. The standard InChI is InChI=1S/C7H14N2O3S/c1-11-4-3-8-7(13)9-5-6(10)12-2/h3-5H2,1-2H3,(H2,8,9,13). The lowest BCUT2D eigenvalue weighted by atomic mass is 10.6. The van der Waals surface area contributed by atoms with Gasteiger partial charge in [-0.3, -0.25) is 4.79 Å². The van der Waals surface area contributed by atoms with E-state index in [0.717, 1.165) is 0 Å². The van der Waals surface area contributed by atoms with E-state index in [4.69, 9.17) is 17.0 Å². The molecule has 0 atom stereocenters. The van der Waals surface area contributed by atoms with Crippen LogP contribution in [-0.2, 0) is 14.3 Å². The van der Waals surface area contributed by atoms with Crippen molar-refractivity contribution < 1.29 is 14.3 Å². The van der Waals surface area contributed by atoms with E-state index in [1.54, 1.807) is 7.11 Å². The van der Waals surface area contributed by atoms with E-state index in [1.807, 2.05) is 0 Å². The Morgan fingerprint density at radius 1 is 1.38 bits per heavy atom. The van der Waals surface area contributed by atoms with Crippen LogP contribution in [0.4, 0.5) is 0 Å². The number of carbonyl (C=O) groups excluding carboxylic acids is 1. The van der Waals surface area contributed by atoms with Crippen LogP contribution in [0.15, 0.2) is 0 Å². The number of rotatable bonds is 5. The Labute approximate surface area is 82.8 Å². The van der Waals surface area contributed by atoms with Crippen LogP contribution in [-0.4, -0.2) is 45.0 Å². The number of methoxy groups -OCH3 is 2. The first kappa shape index (κ1) is 12.1. The fourth-order valence-electron chi connectivity index (χ4n) is 0.554. The Balaban J connectivity index is 3.35. The van der Waals surface area contributed by atoms with Gasteiger partial charge in [-0.05, 0) is 12.2 Å². The molecule has 13 heavy (non-hydrogen) atoms. The summed E-state index contributed by atoms with van der Waals surface area (Å²) in [5.74, 6) is -0.351. The second kappa shape index (κ2) is 7.75. The zero-order chi connectivity index (χ0) is 10.1. The van der Waals surface area contributed by atoms with Crippen molar-refractivity contribution >= 4 is 23.3 Å². The van der Waals surface area contributed by atoms with Crippen LogP contribution in [0.5, 0.6) is 0 Å². The van der Waals surface area contributed by atoms with Gasteiger partial charge in [0.15, 0.2) is 5.11 Å². The van der Waals surface area contributed by atoms with E-state index in [-0.39, 0.29) is 12.5 Å². The molecular weight excluding hydrogens is 192 g/mol. The van der Waals surface area contributed by atoms with Crippen LogP contribution >= 0.6 is 12.2 Å². The molecule has 0 saturated carbocycles. The van der Waals surface area contributed by atoms with E-state index in [1.165, 1.54) is 7.11 Å². The molecule has 2 N–H and O–H groups in total. The van der Waals surface area contributed by atoms with Crippen LogP contribution in [0.2, 0.25) is 0 Å². The Bertz CT molecular complexity index is 175. The number of nitrogens with one attached hydrogen (secondary N) is 2. The summed E-state index contributed by atoms with van der Waals surface area (Å²) < 4.78 is 9.21. The van der Waals surface area contributed by atoms with Gasteiger partial charge in [0.1, 0.15) is 6.54 Å². The lowest BCUT2D eigenvalue weighted by molar-refractivity contribution is -0.139. The van der Waals surface area contributed by atoms with E-state index in [0.29, 0.717) is 18.3 Å². The molecule has 0 aliphatic heterocycles. The van der Waals surface area contributed by atoms with E-state index in [2.05, 4.69) is 15.4 Å². The molecule has 0 bridgehead atoms. The maximum atomic E-state index is 10.6. The summed E-state index contributed by atoms with van der Waals surface area (Å²) in [4.78, 5) is 10.6. The maximum absolute atomic E-state index is 10.6. The Hall–Kier alpha value is -0.880. The molecule has 76 valence electrons. The van der Waals surface area contributed by atoms with Gasteiger partial charge in [0.2, 0.25) is 0 Å². The van der Waals surface area contributed by atoms with Crippen molar-refractivity contribution in [1.82, 2.24) is 10.6 Å². The van der Waals surface area contributed by atoms with Gasteiger partial charge in [-0.15, -0.1) is 0 Å². The van der Waals surface area contributed by atoms with Crippen molar-refractivity contribution in [3.05, 3.63) is 0 Å². The Morgan fingerprint density at radius 3 is 2.62 bits per heavy atom. The van der Waals surface area contributed by atoms with Gasteiger partial charge in [0, 0.05) is 13.7 Å². The molecule has 5 nitrogen and oxygen atoms in total. The van der Waals surface area contributed by atoms with E-state index >= 15 is 0 Å². The van der Waals surface area contributed by atoms with Crippen LogP contribution in [0.25, 0.3) is 0 Å². The quantitative estimate of drug-likeness (QED) is 0.351. The molecule has 0 spiro atoms. The number of carbonyl (C=O) groups is 1. The monoisotopic (exact) mass is 206 g/mol. The van der Waals surface area contributed by atoms with Gasteiger partial charge < -0.3 is 20.1 Å². The molecule has 0 aliphatic carbocycles. The van der Waals surface area contributed by atoms with E-state index < -0.39 is 0 Å². The summed E-state index contributed by atoms with van der Waals surface area (Å²) in [6, 6.07) is 0. The fourth-order valence-corrected chi connectivity index (χ4v) is 0.728. The van der Waals surface area contributed by atoms with Gasteiger partial charge in [0.05, 0.1) is 13.7 Å². The van der Waals surface area contributed by atoms with Gasteiger partial charge in [0.25, 0.3) is 0 Å². The normalized spacial score (nSPS) is 9.08. The lowest BCUT2D eigenvalue weighted by Crippen LogP contribution is -2.39.